The van der Waals surface area contributed by atoms with Crippen LogP contribution in [0.15, 0.2) is 18.2 Å². The molecule has 1 aromatic carbocycles. The number of nitrogens with zero attached hydrogens (tertiary/aromatic N) is 2. The first-order valence-electron chi connectivity index (χ1n) is 5.71. The molecular formula is C13H16FN3O. The van der Waals surface area contributed by atoms with Gasteiger partial charge >= 0.3 is 0 Å². The number of benzene rings is 1. The Morgan fingerprint density at radius 2 is 2.06 bits per heavy atom. The molecule has 0 aliphatic rings. The normalized spacial score (nSPS) is 10.7. The van der Waals surface area contributed by atoms with Gasteiger partial charge in [-0.1, -0.05) is 0 Å². The Balaban J connectivity index is 2.66. The lowest BCUT2D eigenvalue weighted by molar-refractivity contribution is 0.281. The van der Waals surface area contributed by atoms with Gasteiger partial charge in [0, 0.05) is 12.7 Å². The monoisotopic (exact) mass is 249 g/mol. The highest BCUT2D eigenvalue weighted by Gasteiger charge is 2.15. The van der Waals surface area contributed by atoms with E-state index in [4.69, 9.17) is 5.11 Å². The van der Waals surface area contributed by atoms with Gasteiger partial charge in [-0.25, -0.2) is 9.07 Å². The fourth-order valence-corrected chi connectivity index (χ4v) is 2.01. The Labute approximate surface area is 105 Å². The van der Waals surface area contributed by atoms with Crippen molar-refractivity contribution >= 4 is 5.69 Å². The maximum Gasteiger partial charge on any atom is 0.151 e. The van der Waals surface area contributed by atoms with Gasteiger partial charge in [0.15, 0.2) is 5.82 Å². The predicted molar refractivity (Wildman–Crippen MR) is 68.5 cm³/mol. The summed E-state index contributed by atoms with van der Waals surface area (Å²) in [6.45, 7) is 3.55. The Morgan fingerprint density at radius 1 is 1.33 bits per heavy atom. The number of aliphatic hydroxyl groups is 1. The topological polar surface area (TPSA) is 50.1 Å². The molecule has 2 N–H and O–H groups in total. The summed E-state index contributed by atoms with van der Waals surface area (Å²) in [7, 11) is 1.71. The van der Waals surface area contributed by atoms with Crippen molar-refractivity contribution in [2.75, 3.05) is 12.4 Å². The van der Waals surface area contributed by atoms with Gasteiger partial charge in [-0.15, -0.1) is 0 Å². The third-order valence-corrected chi connectivity index (χ3v) is 2.80. The number of rotatable bonds is 3. The van der Waals surface area contributed by atoms with Gasteiger partial charge in [-0.3, -0.25) is 0 Å². The average Bonchev–Trinajstić information content (AvgIpc) is 2.67. The minimum Gasteiger partial charge on any atom is -0.392 e. The highest BCUT2D eigenvalue weighted by molar-refractivity contribution is 5.63. The van der Waals surface area contributed by atoms with E-state index in [-0.39, 0.29) is 6.61 Å². The molecule has 2 aromatic rings. The summed E-state index contributed by atoms with van der Waals surface area (Å²) in [6, 6.07) is 4.93. The van der Waals surface area contributed by atoms with Crippen molar-refractivity contribution in [2.24, 2.45) is 0 Å². The summed E-state index contributed by atoms with van der Waals surface area (Å²) >= 11 is 0. The molecule has 0 aliphatic carbocycles. The van der Waals surface area contributed by atoms with Gasteiger partial charge < -0.3 is 10.4 Å². The van der Waals surface area contributed by atoms with Crippen LogP contribution < -0.4 is 5.32 Å². The van der Waals surface area contributed by atoms with E-state index in [0.29, 0.717) is 16.9 Å². The minimum atomic E-state index is -0.405. The van der Waals surface area contributed by atoms with E-state index in [1.54, 1.807) is 17.8 Å². The zero-order valence-electron chi connectivity index (χ0n) is 10.7. The summed E-state index contributed by atoms with van der Waals surface area (Å²) in [6.07, 6.45) is 0. The predicted octanol–water partition coefficient (Wildman–Crippen LogP) is 2.16. The first-order valence-corrected chi connectivity index (χ1v) is 5.71. The largest absolute Gasteiger partial charge is 0.392 e. The summed E-state index contributed by atoms with van der Waals surface area (Å²) in [4.78, 5) is 0. The molecule has 0 atom stereocenters. The number of aryl methyl sites for hydroxylation is 2. The summed E-state index contributed by atoms with van der Waals surface area (Å²) in [5.41, 5.74) is 3.20. The second-order valence-electron chi connectivity index (χ2n) is 4.22. The molecule has 1 heterocycles. The van der Waals surface area contributed by atoms with Crippen LogP contribution in [0.5, 0.6) is 0 Å². The minimum absolute atomic E-state index is 0.191. The molecule has 0 spiro atoms. The van der Waals surface area contributed by atoms with E-state index in [1.165, 1.54) is 6.07 Å². The van der Waals surface area contributed by atoms with Crippen molar-refractivity contribution in [1.82, 2.24) is 9.78 Å². The maximum atomic E-state index is 14.1. The molecule has 0 aliphatic heterocycles. The second kappa shape index (κ2) is 4.78. The molecule has 0 radical (unpaired) electrons. The molecule has 0 fully saturated rings. The molecule has 0 bridgehead atoms. The number of hydrogen-bond acceptors (Lipinski definition) is 3. The highest BCUT2D eigenvalue weighted by atomic mass is 19.1. The standard InChI is InChI=1S/C13H16FN3O/c1-8-4-9(2)17(16-8)13-11(14)5-10(7-18)6-12(13)15-3/h4-6,15,18H,7H2,1-3H3. The van der Waals surface area contributed by atoms with Gasteiger partial charge in [0.05, 0.1) is 18.0 Å². The van der Waals surface area contributed by atoms with Crippen LogP contribution in [0.25, 0.3) is 5.69 Å². The molecule has 2 rings (SSSR count). The molecule has 0 saturated carbocycles. The lowest BCUT2D eigenvalue weighted by Gasteiger charge is -2.13. The van der Waals surface area contributed by atoms with Crippen molar-refractivity contribution in [3.05, 3.63) is 41.0 Å². The van der Waals surface area contributed by atoms with Crippen LogP contribution >= 0.6 is 0 Å². The zero-order chi connectivity index (χ0) is 13.3. The van der Waals surface area contributed by atoms with Crippen LogP contribution in [-0.4, -0.2) is 21.9 Å². The van der Waals surface area contributed by atoms with E-state index >= 15 is 0 Å². The number of anilines is 1. The fourth-order valence-electron chi connectivity index (χ4n) is 2.01. The molecule has 0 saturated heterocycles. The molecule has 0 unspecified atom stereocenters. The van der Waals surface area contributed by atoms with Crippen molar-refractivity contribution in [2.45, 2.75) is 20.5 Å². The van der Waals surface area contributed by atoms with Gasteiger partial charge in [0.2, 0.25) is 0 Å². The molecule has 0 amide bonds. The number of halogens is 1. The zero-order valence-corrected chi connectivity index (χ0v) is 10.7. The molecule has 96 valence electrons. The van der Waals surface area contributed by atoms with E-state index < -0.39 is 5.82 Å². The molecular weight excluding hydrogens is 233 g/mol. The van der Waals surface area contributed by atoms with Crippen LogP contribution in [0, 0.1) is 19.7 Å². The SMILES string of the molecule is CNc1cc(CO)cc(F)c1-n1nc(C)cc1C. The number of hydrogen-bond donors (Lipinski definition) is 2. The number of aliphatic hydroxyl groups excluding tert-OH is 1. The second-order valence-corrected chi connectivity index (χ2v) is 4.22. The summed E-state index contributed by atoms with van der Waals surface area (Å²) < 4.78 is 15.7. The van der Waals surface area contributed by atoms with Gasteiger partial charge in [0.25, 0.3) is 0 Å². The van der Waals surface area contributed by atoms with Crippen LogP contribution in [0.4, 0.5) is 10.1 Å². The third kappa shape index (κ3) is 2.09. The first-order chi connectivity index (χ1) is 8.56. The lowest BCUT2D eigenvalue weighted by atomic mass is 10.1. The summed E-state index contributed by atoms with van der Waals surface area (Å²) in [5.74, 6) is -0.405. The molecule has 1 aromatic heterocycles. The van der Waals surface area contributed by atoms with E-state index in [2.05, 4.69) is 10.4 Å². The van der Waals surface area contributed by atoms with Crippen LogP contribution in [-0.2, 0) is 6.61 Å². The Kier molecular flexibility index (Phi) is 3.34. The first kappa shape index (κ1) is 12.6. The molecule has 18 heavy (non-hydrogen) atoms. The Bertz CT molecular complexity index is 578. The van der Waals surface area contributed by atoms with Crippen molar-refractivity contribution < 1.29 is 9.50 Å². The van der Waals surface area contributed by atoms with Crippen LogP contribution in [0.2, 0.25) is 0 Å². The number of nitrogens with one attached hydrogen (secondary N) is 1. The van der Waals surface area contributed by atoms with Crippen molar-refractivity contribution in [3.63, 3.8) is 0 Å². The van der Waals surface area contributed by atoms with Gasteiger partial charge in [0.1, 0.15) is 5.69 Å². The van der Waals surface area contributed by atoms with Crippen LogP contribution in [0.1, 0.15) is 17.0 Å². The van der Waals surface area contributed by atoms with E-state index in [9.17, 15) is 4.39 Å². The van der Waals surface area contributed by atoms with E-state index in [1.807, 2.05) is 19.9 Å². The van der Waals surface area contributed by atoms with Crippen LogP contribution in [0.3, 0.4) is 0 Å². The van der Waals surface area contributed by atoms with Crippen molar-refractivity contribution in [3.8, 4) is 5.69 Å². The Hall–Kier alpha value is -1.88. The number of aromatic nitrogens is 2. The highest BCUT2D eigenvalue weighted by Crippen LogP contribution is 2.26. The molecule has 5 heteroatoms. The summed E-state index contributed by atoms with van der Waals surface area (Å²) in [5, 5.41) is 16.3. The quantitative estimate of drug-likeness (QED) is 0.876. The smallest absolute Gasteiger partial charge is 0.151 e. The maximum absolute atomic E-state index is 14.1. The van der Waals surface area contributed by atoms with E-state index in [0.717, 1.165) is 11.4 Å². The van der Waals surface area contributed by atoms with Gasteiger partial charge in [-0.05, 0) is 37.6 Å². The van der Waals surface area contributed by atoms with Crippen molar-refractivity contribution in [1.29, 1.82) is 0 Å². The Morgan fingerprint density at radius 3 is 2.56 bits per heavy atom. The lowest BCUT2D eigenvalue weighted by Crippen LogP contribution is -2.07. The molecule has 4 nitrogen and oxygen atoms in total. The third-order valence-electron chi connectivity index (χ3n) is 2.80. The fraction of sp³-hybridized carbons (Fsp3) is 0.308. The van der Waals surface area contributed by atoms with Gasteiger partial charge in [-0.2, -0.15) is 5.10 Å². The average molecular weight is 249 g/mol.